The van der Waals surface area contributed by atoms with Gasteiger partial charge >= 0.3 is 0 Å². The summed E-state index contributed by atoms with van der Waals surface area (Å²) in [6.45, 7) is 3.53. The van der Waals surface area contributed by atoms with E-state index in [-0.39, 0.29) is 0 Å². The lowest BCUT2D eigenvalue weighted by Gasteiger charge is -2.02. The summed E-state index contributed by atoms with van der Waals surface area (Å²) in [5, 5.41) is 3.42. The Bertz CT molecular complexity index is 76.2. The number of hydrogen-bond donors (Lipinski definition) is 1. The van der Waals surface area contributed by atoms with Crippen molar-refractivity contribution in [2.75, 3.05) is 12.7 Å². The molecule has 0 fully saturated rings. The maximum absolute atomic E-state index is 3.42. The minimum Gasteiger partial charge on any atom is -0.320 e. The molecule has 0 aliphatic carbocycles. The van der Waals surface area contributed by atoms with Crippen LogP contribution in [0.3, 0.4) is 0 Å². The van der Waals surface area contributed by atoms with Crippen LogP contribution in [0.5, 0.6) is 0 Å². The van der Waals surface area contributed by atoms with Crippen LogP contribution in [0, 0.1) is 0 Å². The van der Waals surface area contributed by atoms with Gasteiger partial charge in [0.2, 0.25) is 0 Å². The third-order valence-corrected chi connectivity index (χ3v) is 2.96. The Labute approximate surface area is 87.1 Å². The van der Waals surface area contributed by atoms with Crippen molar-refractivity contribution in [2.45, 2.75) is 58.3 Å². The molecular weight excluding hydrogens is 174 g/mol. The molecule has 1 N–H and O–H groups in total. The van der Waals surface area contributed by atoms with E-state index in [0.717, 1.165) is 0 Å². The Kier molecular flexibility index (Phi) is 12.3. The van der Waals surface area contributed by atoms with Gasteiger partial charge in [0.25, 0.3) is 0 Å². The second-order valence-electron chi connectivity index (χ2n) is 3.83. The second-order valence-corrected chi connectivity index (χ2v) is 4.54. The average Bonchev–Trinajstić information content (AvgIpc) is 2.16. The van der Waals surface area contributed by atoms with Crippen molar-refractivity contribution in [3.63, 3.8) is 0 Å². The van der Waals surface area contributed by atoms with Crippen LogP contribution in [0.4, 0.5) is 0 Å². The molecule has 0 unspecified atom stereocenters. The smallest absolute Gasteiger partial charge is 0.0201 e. The monoisotopic (exact) mass is 201 g/mol. The highest BCUT2D eigenvalue weighted by Gasteiger charge is 1.90. The van der Waals surface area contributed by atoms with Gasteiger partial charge in [0.15, 0.2) is 0 Å². The number of nitrogens with one attached hydrogen (secondary N) is 1. The quantitative estimate of drug-likeness (QED) is 0.421. The molecule has 0 aromatic heterocycles. The Morgan fingerprint density at radius 2 is 1.38 bits per heavy atom. The van der Waals surface area contributed by atoms with E-state index < -0.39 is 0 Å². The molecule has 0 aromatic rings. The van der Waals surface area contributed by atoms with E-state index in [4.69, 9.17) is 0 Å². The normalized spacial score (nSPS) is 10.8. The summed E-state index contributed by atoms with van der Waals surface area (Å²) >= 11 is 0. The molecule has 0 bridgehead atoms. The fourth-order valence-electron chi connectivity index (χ4n) is 1.56. The van der Waals surface area contributed by atoms with Crippen LogP contribution >= 0.6 is 0 Å². The number of rotatable bonds is 10. The molecule has 0 aromatic carbocycles. The molecule has 0 spiro atoms. The van der Waals surface area contributed by atoms with Crippen LogP contribution in [0.1, 0.15) is 58.3 Å². The predicted molar refractivity (Wildman–Crippen MR) is 65.4 cm³/mol. The molecule has 1 nitrogen and oxygen atoms in total. The zero-order valence-electron chi connectivity index (χ0n) is 9.57. The lowest BCUT2D eigenvalue weighted by Crippen LogP contribution is -2.16. The molecular formula is C11H27NSi. The molecule has 0 saturated heterocycles. The molecule has 0 rings (SSSR count). The van der Waals surface area contributed by atoms with E-state index in [1.165, 1.54) is 74.3 Å². The van der Waals surface area contributed by atoms with Crippen molar-refractivity contribution >= 4 is 10.2 Å². The third kappa shape index (κ3) is 12.2. The van der Waals surface area contributed by atoms with Crippen LogP contribution in [0.15, 0.2) is 0 Å². The Balaban J connectivity index is 2.76. The first-order valence-corrected chi connectivity index (χ1v) is 7.54. The van der Waals surface area contributed by atoms with Crippen molar-refractivity contribution in [3.8, 4) is 0 Å². The van der Waals surface area contributed by atoms with E-state index in [9.17, 15) is 0 Å². The molecule has 0 saturated carbocycles. The number of unbranched alkanes of at least 4 members (excludes halogenated alkanes) is 7. The minimum atomic E-state index is 1.25. The summed E-state index contributed by atoms with van der Waals surface area (Å²) in [5.41, 5.74) is 0. The highest BCUT2D eigenvalue weighted by Crippen LogP contribution is 2.07. The summed E-state index contributed by atoms with van der Waals surface area (Å²) in [5.74, 6) is 0. The summed E-state index contributed by atoms with van der Waals surface area (Å²) in [6, 6.07) is 0. The van der Waals surface area contributed by atoms with Crippen LogP contribution in [-0.4, -0.2) is 23.0 Å². The van der Waals surface area contributed by atoms with E-state index in [0.29, 0.717) is 0 Å². The van der Waals surface area contributed by atoms with E-state index in [1.54, 1.807) is 0 Å². The van der Waals surface area contributed by atoms with Gasteiger partial charge in [-0.25, -0.2) is 0 Å². The van der Waals surface area contributed by atoms with E-state index in [1.807, 2.05) is 0 Å². The zero-order valence-corrected chi connectivity index (χ0v) is 11.6. The van der Waals surface area contributed by atoms with Crippen LogP contribution in [0.2, 0.25) is 0 Å². The topological polar surface area (TPSA) is 12.0 Å². The van der Waals surface area contributed by atoms with Gasteiger partial charge < -0.3 is 5.32 Å². The summed E-state index contributed by atoms with van der Waals surface area (Å²) in [7, 11) is 1.30. The van der Waals surface area contributed by atoms with Gasteiger partial charge in [-0.3, -0.25) is 0 Å². The Hall–Kier alpha value is 0.177. The van der Waals surface area contributed by atoms with Crippen molar-refractivity contribution in [1.82, 2.24) is 5.32 Å². The molecule has 0 amide bonds. The fraction of sp³-hybridized carbons (Fsp3) is 1.00. The van der Waals surface area contributed by atoms with E-state index >= 15 is 0 Å². The molecule has 0 atom stereocenters. The first-order chi connectivity index (χ1) is 6.41. The standard InChI is InChI=1S/C11H27NSi/c1-2-3-4-5-6-7-8-9-10-12-11-13/h12H,2-11H2,1,13H3. The van der Waals surface area contributed by atoms with Crippen LogP contribution in [-0.2, 0) is 0 Å². The van der Waals surface area contributed by atoms with Gasteiger partial charge in [0.05, 0.1) is 0 Å². The average molecular weight is 201 g/mol. The van der Waals surface area contributed by atoms with Crippen LogP contribution in [0.25, 0.3) is 0 Å². The van der Waals surface area contributed by atoms with Crippen LogP contribution < -0.4 is 5.32 Å². The number of hydrogen-bond acceptors (Lipinski definition) is 1. The molecule has 13 heavy (non-hydrogen) atoms. The van der Waals surface area contributed by atoms with E-state index in [2.05, 4.69) is 12.2 Å². The summed E-state index contributed by atoms with van der Waals surface area (Å²) in [6.07, 6.45) is 12.7. The van der Waals surface area contributed by atoms with Crippen molar-refractivity contribution in [3.05, 3.63) is 0 Å². The Morgan fingerprint density at radius 1 is 0.846 bits per heavy atom. The Morgan fingerprint density at radius 3 is 1.92 bits per heavy atom. The zero-order chi connectivity index (χ0) is 9.78. The molecule has 0 radical (unpaired) electrons. The first kappa shape index (κ1) is 13.2. The SMILES string of the molecule is CCCCCCCCCCNC[SiH3]. The van der Waals surface area contributed by atoms with Gasteiger partial charge in [-0.2, -0.15) is 0 Å². The van der Waals surface area contributed by atoms with Gasteiger partial charge in [-0.1, -0.05) is 51.9 Å². The minimum absolute atomic E-state index is 1.25. The highest BCUT2D eigenvalue weighted by atomic mass is 28.1. The maximum Gasteiger partial charge on any atom is 0.0201 e. The molecule has 2 heteroatoms. The van der Waals surface area contributed by atoms with Gasteiger partial charge in [0.1, 0.15) is 0 Å². The van der Waals surface area contributed by atoms with Crippen molar-refractivity contribution < 1.29 is 0 Å². The lowest BCUT2D eigenvalue weighted by molar-refractivity contribution is 0.565. The third-order valence-electron chi connectivity index (χ3n) is 2.46. The van der Waals surface area contributed by atoms with Gasteiger partial charge in [0, 0.05) is 10.2 Å². The maximum atomic E-state index is 3.42. The molecule has 0 aliphatic rings. The highest BCUT2D eigenvalue weighted by molar-refractivity contribution is 6.08. The van der Waals surface area contributed by atoms with Gasteiger partial charge in [-0.05, 0) is 19.1 Å². The second kappa shape index (κ2) is 12.2. The summed E-state index contributed by atoms with van der Waals surface area (Å²) < 4.78 is 0. The molecule has 0 aliphatic heterocycles. The lowest BCUT2D eigenvalue weighted by atomic mass is 10.1. The predicted octanol–water partition coefficient (Wildman–Crippen LogP) is 2.04. The van der Waals surface area contributed by atoms with Gasteiger partial charge in [-0.15, -0.1) is 0 Å². The molecule has 0 heterocycles. The van der Waals surface area contributed by atoms with Crippen molar-refractivity contribution in [2.24, 2.45) is 0 Å². The first-order valence-electron chi connectivity index (χ1n) is 6.12. The molecule has 80 valence electrons. The fourth-order valence-corrected chi connectivity index (χ4v) is 1.91. The van der Waals surface area contributed by atoms with Crippen molar-refractivity contribution in [1.29, 1.82) is 0 Å². The summed E-state index contributed by atoms with van der Waals surface area (Å²) in [4.78, 5) is 0. The largest absolute Gasteiger partial charge is 0.320 e.